The van der Waals surface area contributed by atoms with Crippen molar-refractivity contribution in [3.05, 3.63) is 48.6 Å². The maximum atomic E-state index is 11.8. The van der Waals surface area contributed by atoms with E-state index in [9.17, 15) is 9.59 Å². The van der Waals surface area contributed by atoms with Crippen molar-refractivity contribution in [3.63, 3.8) is 0 Å². The highest BCUT2D eigenvalue weighted by Crippen LogP contribution is 2.06. The molecule has 0 spiro atoms. The van der Waals surface area contributed by atoms with E-state index in [1.807, 2.05) is 37.3 Å². The van der Waals surface area contributed by atoms with Crippen molar-refractivity contribution >= 4 is 12.2 Å². The Labute approximate surface area is 123 Å². The largest absolute Gasteiger partial charge is 0.448 e. The average Bonchev–Trinajstić information content (AvgIpc) is 2.49. The van der Waals surface area contributed by atoms with E-state index < -0.39 is 18.2 Å². The first-order valence-electron chi connectivity index (χ1n) is 6.55. The number of rotatable bonds is 7. The van der Waals surface area contributed by atoms with Gasteiger partial charge in [-0.05, 0) is 11.5 Å². The Bertz CT molecular complexity index is 476. The molecule has 21 heavy (non-hydrogen) atoms. The summed E-state index contributed by atoms with van der Waals surface area (Å²) in [5.74, 6) is -0.103. The molecule has 0 saturated carbocycles. The summed E-state index contributed by atoms with van der Waals surface area (Å²) in [6.07, 6.45) is 0.160. The van der Waals surface area contributed by atoms with Crippen molar-refractivity contribution in [2.45, 2.75) is 19.6 Å². The van der Waals surface area contributed by atoms with Crippen LogP contribution in [0.4, 0.5) is 9.59 Å². The van der Waals surface area contributed by atoms with Gasteiger partial charge in [0.25, 0.3) is 0 Å². The third-order valence-electron chi connectivity index (χ3n) is 2.93. The average molecular weight is 292 g/mol. The molecule has 0 aromatic heterocycles. The number of benzene rings is 1. The number of hydrogen-bond donors (Lipinski definition) is 2. The second-order valence-corrected chi connectivity index (χ2v) is 4.54. The zero-order chi connectivity index (χ0) is 15.7. The van der Waals surface area contributed by atoms with E-state index in [4.69, 9.17) is 15.2 Å². The van der Waals surface area contributed by atoms with Gasteiger partial charge >= 0.3 is 12.2 Å². The SMILES string of the molecule is C=C[C@H](C)[C@H](COC(N)=O)NC(=O)OCc1ccccc1. The number of hydrogen-bond acceptors (Lipinski definition) is 4. The Balaban J connectivity index is 2.47. The zero-order valence-electron chi connectivity index (χ0n) is 12.0. The molecule has 2 amide bonds. The number of primary amides is 1. The molecule has 0 aliphatic rings. The Morgan fingerprint density at radius 1 is 1.33 bits per heavy atom. The van der Waals surface area contributed by atoms with Gasteiger partial charge in [0.1, 0.15) is 13.2 Å². The maximum absolute atomic E-state index is 11.8. The van der Waals surface area contributed by atoms with Gasteiger partial charge in [-0.2, -0.15) is 0 Å². The minimum atomic E-state index is -0.893. The summed E-state index contributed by atoms with van der Waals surface area (Å²) >= 11 is 0. The molecule has 3 N–H and O–H groups in total. The number of nitrogens with one attached hydrogen (secondary N) is 1. The minimum Gasteiger partial charge on any atom is -0.448 e. The molecule has 0 bridgehead atoms. The van der Waals surface area contributed by atoms with Crippen molar-refractivity contribution in [1.82, 2.24) is 5.32 Å². The lowest BCUT2D eigenvalue weighted by atomic mass is 10.0. The molecule has 6 heteroatoms. The number of carbonyl (C=O) groups is 2. The Morgan fingerprint density at radius 3 is 2.57 bits per heavy atom. The normalized spacial score (nSPS) is 12.8. The molecule has 0 radical (unpaired) electrons. The molecule has 2 atom stereocenters. The highest BCUT2D eigenvalue weighted by atomic mass is 16.6. The van der Waals surface area contributed by atoms with Crippen LogP contribution in [0.15, 0.2) is 43.0 Å². The number of amides is 2. The van der Waals surface area contributed by atoms with Crippen molar-refractivity contribution in [1.29, 1.82) is 0 Å². The van der Waals surface area contributed by atoms with Crippen LogP contribution in [0.3, 0.4) is 0 Å². The van der Waals surface area contributed by atoms with Crippen LogP contribution < -0.4 is 11.1 Å². The van der Waals surface area contributed by atoms with Crippen molar-refractivity contribution in [3.8, 4) is 0 Å². The smallest absolute Gasteiger partial charge is 0.407 e. The number of ether oxygens (including phenoxy) is 2. The predicted molar refractivity (Wildman–Crippen MR) is 78.4 cm³/mol. The lowest BCUT2D eigenvalue weighted by Crippen LogP contribution is -2.43. The molecule has 1 rings (SSSR count). The highest BCUT2D eigenvalue weighted by molar-refractivity contribution is 5.68. The third kappa shape index (κ3) is 6.47. The fraction of sp³-hybridized carbons (Fsp3) is 0.333. The molecule has 0 aliphatic heterocycles. The van der Waals surface area contributed by atoms with Gasteiger partial charge in [-0.15, -0.1) is 6.58 Å². The monoisotopic (exact) mass is 292 g/mol. The highest BCUT2D eigenvalue weighted by Gasteiger charge is 2.19. The molecule has 0 aliphatic carbocycles. The molecule has 1 aromatic carbocycles. The van der Waals surface area contributed by atoms with Gasteiger partial charge in [0.2, 0.25) is 0 Å². The molecule has 0 heterocycles. The van der Waals surface area contributed by atoms with Gasteiger partial charge in [0, 0.05) is 0 Å². The van der Waals surface area contributed by atoms with E-state index in [0.29, 0.717) is 0 Å². The number of nitrogens with two attached hydrogens (primary N) is 1. The molecular formula is C15H20N2O4. The fourth-order valence-corrected chi connectivity index (χ4v) is 1.58. The van der Waals surface area contributed by atoms with Crippen LogP contribution in [0.25, 0.3) is 0 Å². The summed E-state index contributed by atoms with van der Waals surface area (Å²) in [4.78, 5) is 22.4. The summed E-state index contributed by atoms with van der Waals surface area (Å²) in [5.41, 5.74) is 5.80. The van der Waals surface area contributed by atoms with Gasteiger partial charge in [0.15, 0.2) is 0 Å². The second kappa shape index (κ2) is 8.63. The summed E-state index contributed by atoms with van der Waals surface area (Å²) < 4.78 is 9.82. The molecular weight excluding hydrogens is 272 g/mol. The summed E-state index contributed by atoms with van der Waals surface area (Å²) in [6.45, 7) is 5.60. The van der Waals surface area contributed by atoms with Gasteiger partial charge in [-0.1, -0.05) is 43.3 Å². The van der Waals surface area contributed by atoms with Crippen LogP contribution in [0, 0.1) is 5.92 Å². The van der Waals surface area contributed by atoms with E-state index in [1.165, 1.54) is 0 Å². The first-order chi connectivity index (χ1) is 10.0. The van der Waals surface area contributed by atoms with Crippen LogP contribution in [-0.4, -0.2) is 24.8 Å². The van der Waals surface area contributed by atoms with E-state index >= 15 is 0 Å². The molecule has 0 saturated heterocycles. The van der Waals surface area contributed by atoms with Crippen LogP contribution in [0.2, 0.25) is 0 Å². The van der Waals surface area contributed by atoms with Crippen LogP contribution in [0.5, 0.6) is 0 Å². The molecule has 1 aromatic rings. The van der Waals surface area contributed by atoms with Crippen LogP contribution in [-0.2, 0) is 16.1 Å². The Hall–Kier alpha value is -2.50. The van der Waals surface area contributed by atoms with E-state index in [-0.39, 0.29) is 19.1 Å². The standard InChI is InChI=1S/C15H20N2O4/c1-3-11(2)13(10-20-14(16)18)17-15(19)21-9-12-7-5-4-6-8-12/h3-8,11,13H,1,9-10H2,2H3,(H2,16,18)(H,17,19)/t11-,13-/m0/s1. The first-order valence-corrected chi connectivity index (χ1v) is 6.55. The Morgan fingerprint density at radius 2 is 2.00 bits per heavy atom. The van der Waals surface area contributed by atoms with E-state index in [1.54, 1.807) is 6.08 Å². The maximum Gasteiger partial charge on any atom is 0.407 e. The quantitative estimate of drug-likeness (QED) is 0.754. The molecule has 114 valence electrons. The number of alkyl carbamates (subject to hydrolysis) is 1. The fourth-order valence-electron chi connectivity index (χ4n) is 1.58. The zero-order valence-corrected chi connectivity index (χ0v) is 12.0. The van der Waals surface area contributed by atoms with E-state index in [0.717, 1.165) is 5.56 Å². The van der Waals surface area contributed by atoms with Gasteiger partial charge in [-0.3, -0.25) is 0 Å². The van der Waals surface area contributed by atoms with Crippen LogP contribution in [0.1, 0.15) is 12.5 Å². The van der Waals surface area contributed by atoms with Gasteiger partial charge in [-0.25, -0.2) is 9.59 Å². The first kappa shape index (κ1) is 16.6. The summed E-state index contributed by atoms with van der Waals surface area (Å²) in [5, 5.41) is 2.63. The molecule has 6 nitrogen and oxygen atoms in total. The van der Waals surface area contributed by atoms with Crippen molar-refractivity contribution < 1.29 is 19.1 Å². The summed E-state index contributed by atoms with van der Waals surface area (Å²) in [7, 11) is 0. The second-order valence-electron chi connectivity index (χ2n) is 4.54. The topological polar surface area (TPSA) is 90.6 Å². The predicted octanol–water partition coefficient (Wildman–Crippen LogP) is 2.20. The van der Waals surface area contributed by atoms with Gasteiger partial charge < -0.3 is 20.5 Å². The van der Waals surface area contributed by atoms with Crippen molar-refractivity contribution in [2.24, 2.45) is 11.7 Å². The van der Waals surface area contributed by atoms with E-state index in [2.05, 4.69) is 11.9 Å². The minimum absolute atomic E-state index is 0.0387. The lowest BCUT2D eigenvalue weighted by Gasteiger charge is -2.21. The summed E-state index contributed by atoms with van der Waals surface area (Å²) in [6, 6.07) is 8.87. The number of carbonyl (C=O) groups excluding carboxylic acids is 2. The molecule has 0 fully saturated rings. The van der Waals surface area contributed by atoms with Crippen LogP contribution >= 0.6 is 0 Å². The Kier molecular flexibility index (Phi) is 6.80. The third-order valence-corrected chi connectivity index (χ3v) is 2.93. The molecule has 0 unspecified atom stereocenters. The lowest BCUT2D eigenvalue weighted by molar-refractivity contribution is 0.113. The van der Waals surface area contributed by atoms with Crippen molar-refractivity contribution in [2.75, 3.05) is 6.61 Å². The van der Waals surface area contributed by atoms with Gasteiger partial charge in [0.05, 0.1) is 6.04 Å².